The van der Waals surface area contributed by atoms with Gasteiger partial charge in [-0.3, -0.25) is 4.68 Å². The van der Waals surface area contributed by atoms with Crippen LogP contribution in [0.25, 0.3) is 16.6 Å². The first-order valence-corrected chi connectivity index (χ1v) is 10.2. The fourth-order valence-corrected chi connectivity index (χ4v) is 4.80. The maximum Gasteiger partial charge on any atom is 0.104 e. The van der Waals surface area contributed by atoms with E-state index in [2.05, 4.69) is 27.4 Å². The van der Waals surface area contributed by atoms with Crippen LogP contribution in [0, 0.1) is 5.92 Å². The third kappa shape index (κ3) is 2.43. The number of hydrogen-bond acceptors (Lipinski definition) is 5. The molecule has 2 saturated heterocycles. The van der Waals surface area contributed by atoms with Crippen molar-refractivity contribution in [3.05, 3.63) is 35.7 Å². The maximum atomic E-state index is 10.7. The Kier molecular flexibility index (Phi) is 3.44. The summed E-state index contributed by atoms with van der Waals surface area (Å²) in [5, 5.41) is 21.4. The molecule has 2 bridgehead atoms. The van der Waals surface area contributed by atoms with E-state index in [-0.39, 0.29) is 12.0 Å². The van der Waals surface area contributed by atoms with E-state index in [1.165, 1.54) is 12.8 Å². The van der Waals surface area contributed by atoms with Gasteiger partial charge in [-0.25, -0.2) is 4.68 Å². The molecule has 4 heterocycles. The number of nitrogens with zero attached hydrogens (tertiary/aromatic N) is 5. The fourth-order valence-electron chi connectivity index (χ4n) is 4.50. The van der Waals surface area contributed by atoms with Crippen LogP contribution in [-0.4, -0.2) is 56.1 Å². The van der Waals surface area contributed by atoms with Crippen LogP contribution in [0.1, 0.15) is 25.8 Å². The Morgan fingerprint density at radius 2 is 2.07 bits per heavy atom. The summed E-state index contributed by atoms with van der Waals surface area (Å²) < 4.78 is 9.77. The Labute approximate surface area is 167 Å². The molecule has 1 saturated carbocycles. The van der Waals surface area contributed by atoms with Crippen LogP contribution >= 0.6 is 11.6 Å². The molecule has 3 aliphatic rings. The highest BCUT2D eigenvalue weighted by atomic mass is 35.5. The molecule has 28 heavy (non-hydrogen) atoms. The summed E-state index contributed by atoms with van der Waals surface area (Å²) in [6.45, 7) is 3.82. The zero-order valence-corrected chi connectivity index (χ0v) is 16.4. The molecule has 1 aromatic carbocycles. The van der Waals surface area contributed by atoms with Crippen molar-refractivity contribution in [2.45, 2.75) is 37.5 Å². The van der Waals surface area contributed by atoms with Gasteiger partial charge in [0.05, 0.1) is 53.1 Å². The van der Waals surface area contributed by atoms with Crippen molar-refractivity contribution in [1.29, 1.82) is 0 Å². The molecule has 0 spiro atoms. The number of aromatic nitrogens is 4. The van der Waals surface area contributed by atoms with Gasteiger partial charge in [-0.05, 0) is 31.9 Å². The van der Waals surface area contributed by atoms with Crippen molar-refractivity contribution < 1.29 is 9.84 Å². The van der Waals surface area contributed by atoms with Crippen LogP contribution in [0.2, 0.25) is 5.02 Å². The standard InChI is InChI=1S/C20H22ClN5O2/c1-20(27)13-8-24(10-19(20)28-11-13)18-5-17-12(4-16(18)21)6-23-26(17)15-7-22-25(9-15)14-2-3-14/h4-7,9,13-14,19,27H,2-3,8,10-11H2,1H3/t13-,19-,20-/m0/s1. The second kappa shape index (κ2) is 5.72. The first kappa shape index (κ1) is 16.8. The summed E-state index contributed by atoms with van der Waals surface area (Å²) >= 11 is 6.63. The van der Waals surface area contributed by atoms with Crippen molar-refractivity contribution in [3.63, 3.8) is 0 Å². The van der Waals surface area contributed by atoms with Gasteiger partial charge in [-0.1, -0.05) is 11.6 Å². The number of fused-ring (bicyclic) bond motifs is 3. The Morgan fingerprint density at radius 1 is 1.21 bits per heavy atom. The molecule has 2 aliphatic heterocycles. The number of ether oxygens (including phenoxy) is 1. The minimum atomic E-state index is -0.772. The summed E-state index contributed by atoms with van der Waals surface area (Å²) in [6, 6.07) is 4.60. The second-order valence-corrected chi connectivity index (χ2v) is 8.89. The molecule has 2 aromatic heterocycles. The largest absolute Gasteiger partial charge is 0.387 e. The lowest BCUT2D eigenvalue weighted by Gasteiger charge is -2.41. The van der Waals surface area contributed by atoms with Crippen LogP contribution in [0.4, 0.5) is 5.69 Å². The smallest absolute Gasteiger partial charge is 0.104 e. The second-order valence-electron chi connectivity index (χ2n) is 8.48. The lowest BCUT2D eigenvalue weighted by molar-refractivity contribution is -0.0435. The number of anilines is 1. The topological polar surface area (TPSA) is 68.3 Å². The highest BCUT2D eigenvalue weighted by molar-refractivity contribution is 6.34. The molecular formula is C20H22ClN5O2. The van der Waals surface area contributed by atoms with Crippen LogP contribution in [0.3, 0.4) is 0 Å². The van der Waals surface area contributed by atoms with Gasteiger partial charge in [0, 0.05) is 24.4 Å². The summed E-state index contributed by atoms with van der Waals surface area (Å²) in [7, 11) is 0. The van der Waals surface area contributed by atoms with E-state index in [0.29, 0.717) is 24.2 Å². The van der Waals surface area contributed by atoms with Gasteiger partial charge in [0.15, 0.2) is 0 Å². The molecule has 1 aliphatic carbocycles. The summed E-state index contributed by atoms with van der Waals surface area (Å²) in [5.74, 6) is 0.0831. The Morgan fingerprint density at radius 3 is 2.86 bits per heavy atom. The van der Waals surface area contributed by atoms with Crippen LogP contribution in [-0.2, 0) is 4.74 Å². The van der Waals surface area contributed by atoms with Gasteiger partial charge in [0.2, 0.25) is 0 Å². The van der Waals surface area contributed by atoms with E-state index >= 15 is 0 Å². The van der Waals surface area contributed by atoms with E-state index in [1.807, 2.05) is 34.7 Å². The molecule has 3 atom stereocenters. The van der Waals surface area contributed by atoms with Gasteiger partial charge in [-0.2, -0.15) is 10.2 Å². The molecule has 6 rings (SSSR count). The van der Waals surface area contributed by atoms with Crippen LogP contribution < -0.4 is 4.90 Å². The zero-order chi connectivity index (χ0) is 19.0. The van der Waals surface area contributed by atoms with E-state index < -0.39 is 5.60 Å². The Hall–Kier alpha value is -2.09. The molecule has 146 valence electrons. The monoisotopic (exact) mass is 399 g/mol. The molecular weight excluding hydrogens is 378 g/mol. The van der Waals surface area contributed by atoms with Gasteiger partial charge in [-0.15, -0.1) is 0 Å². The normalized spacial score (nSPS) is 29.8. The third-order valence-corrected chi connectivity index (χ3v) is 6.84. The van der Waals surface area contributed by atoms with E-state index in [9.17, 15) is 5.11 Å². The molecule has 1 N–H and O–H groups in total. The summed E-state index contributed by atoms with van der Waals surface area (Å²) in [5.41, 5.74) is 2.15. The molecule has 0 radical (unpaired) electrons. The fraction of sp³-hybridized carbons (Fsp3) is 0.500. The van der Waals surface area contributed by atoms with Gasteiger partial charge in [0.1, 0.15) is 11.8 Å². The zero-order valence-electron chi connectivity index (χ0n) is 15.6. The third-order valence-electron chi connectivity index (χ3n) is 6.53. The average Bonchev–Trinajstić information content (AvgIpc) is 3.25. The number of aliphatic hydroxyl groups is 1. The van der Waals surface area contributed by atoms with Gasteiger partial charge >= 0.3 is 0 Å². The van der Waals surface area contributed by atoms with E-state index in [4.69, 9.17) is 16.3 Å². The van der Waals surface area contributed by atoms with Gasteiger partial charge < -0.3 is 14.7 Å². The molecule has 0 amide bonds. The first-order chi connectivity index (χ1) is 13.5. The maximum absolute atomic E-state index is 10.7. The lowest BCUT2D eigenvalue weighted by Crippen LogP contribution is -2.55. The van der Waals surface area contributed by atoms with E-state index in [1.54, 1.807) is 0 Å². The SMILES string of the molecule is C[C@]1(O)[C@@H]2CO[C@H]1CN(c1cc3c(cnn3-c3cnn(C4CC4)c3)cc1Cl)C2. The van der Waals surface area contributed by atoms with Crippen LogP contribution in [0.15, 0.2) is 30.7 Å². The number of piperidine rings is 1. The van der Waals surface area contributed by atoms with E-state index in [0.717, 1.165) is 28.8 Å². The van der Waals surface area contributed by atoms with Crippen molar-refractivity contribution in [3.8, 4) is 5.69 Å². The molecule has 7 nitrogen and oxygen atoms in total. The molecule has 8 heteroatoms. The minimum Gasteiger partial charge on any atom is -0.387 e. The van der Waals surface area contributed by atoms with Crippen molar-refractivity contribution in [2.24, 2.45) is 5.92 Å². The van der Waals surface area contributed by atoms with Crippen molar-refractivity contribution >= 4 is 28.2 Å². The predicted octanol–water partition coefficient (Wildman–Crippen LogP) is 2.80. The quantitative estimate of drug-likeness (QED) is 0.733. The number of benzene rings is 1. The van der Waals surface area contributed by atoms with Crippen LogP contribution in [0.5, 0.6) is 0 Å². The lowest BCUT2D eigenvalue weighted by atomic mass is 9.83. The summed E-state index contributed by atoms with van der Waals surface area (Å²) in [4.78, 5) is 2.23. The molecule has 0 unspecified atom stereocenters. The molecule has 3 aromatic rings. The number of rotatable bonds is 3. The predicted molar refractivity (Wildman–Crippen MR) is 106 cm³/mol. The summed E-state index contributed by atoms with van der Waals surface area (Å²) in [6.07, 6.45) is 7.97. The van der Waals surface area contributed by atoms with Gasteiger partial charge in [0.25, 0.3) is 0 Å². The number of hydrogen-bond donors (Lipinski definition) is 1. The first-order valence-electron chi connectivity index (χ1n) is 9.81. The molecule has 3 fully saturated rings. The van der Waals surface area contributed by atoms with Crippen molar-refractivity contribution in [2.75, 3.05) is 24.6 Å². The number of halogens is 1. The average molecular weight is 400 g/mol. The Bertz CT molecular complexity index is 1050. The van der Waals surface area contributed by atoms with Crippen molar-refractivity contribution in [1.82, 2.24) is 19.6 Å². The Balaban J connectivity index is 1.39. The minimum absolute atomic E-state index is 0.0831. The highest BCUT2D eigenvalue weighted by Gasteiger charge is 2.51. The highest BCUT2D eigenvalue weighted by Crippen LogP contribution is 2.41.